The molecular formula is C13H18N4S. The van der Waals surface area contributed by atoms with Crippen molar-refractivity contribution in [3.05, 3.63) is 17.3 Å². The summed E-state index contributed by atoms with van der Waals surface area (Å²) in [7, 11) is 0. The molecule has 3 heterocycles. The lowest BCUT2D eigenvalue weighted by Gasteiger charge is -2.28. The molecule has 1 N–H and O–H groups in total. The van der Waals surface area contributed by atoms with Gasteiger partial charge in [0.2, 0.25) is 0 Å². The van der Waals surface area contributed by atoms with E-state index in [9.17, 15) is 0 Å². The van der Waals surface area contributed by atoms with Crippen molar-refractivity contribution < 1.29 is 0 Å². The van der Waals surface area contributed by atoms with Gasteiger partial charge >= 0.3 is 0 Å². The molecule has 3 rings (SSSR count). The molecular weight excluding hydrogens is 244 g/mol. The van der Waals surface area contributed by atoms with Crippen molar-refractivity contribution in [1.29, 1.82) is 0 Å². The zero-order valence-corrected chi connectivity index (χ0v) is 11.6. The van der Waals surface area contributed by atoms with E-state index in [0.29, 0.717) is 6.04 Å². The summed E-state index contributed by atoms with van der Waals surface area (Å²) in [6.07, 6.45) is 2.89. The summed E-state index contributed by atoms with van der Waals surface area (Å²) in [5.74, 6) is 1.10. The number of rotatable bonds is 3. The number of fused-ring (bicyclic) bond motifs is 1. The molecule has 1 saturated heterocycles. The van der Waals surface area contributed by atoms with E-state index >= 15 is 0 Å². The van der Waals surface area contributed by atoms with Gasteiger partial charge in [-0.25, -0.2) is 9.97 Å². The number of aromatic nitrogens is 2. The third-order valence-electron chi connectivity index (χ3n) is 3.52. The summed E-state index contributed by atoms with van der Waals surface area (Å²) in [6, 6.07) is 2.77. The average molecular weight is 262 g/mol. The van der Waals surface area contributed by atoms with Crippen LogP contribution in [0.3, 0.4) is 0 Å². The maximum atomic E-state index is 4.53. The fourth-order valence-corrected chi connectivity index (χ4v) is 3.52. The fraction of sp³-hybridized carbons (Fsp3) is 0.538. The van der Waals surface area contributed by atoms with Gasteiger partial charge in [0.05, 0.1) is 5.39 Å². The molecule has 0 radical (unpaired) electrons. The largest absolute Gasteiger partial charge is 0.352 e. The summed E-state index contributed by atoms with van der Waals surface area (Å²) in [5, 5.41) is 4.63. The summed E-state index contributed by atoms with van der Waals surface area (Å²) in [4.78, 5) is 13.7. The number of nitrogens with zero attached hydrogens (tertiary/aromatic N) is 3. The van der Waals surface area contributed by atoms with Gasteiger partial charge in [-0.1, -0.05) is 0 Å². The van der Waals surface area contributed by atoms with E-state index < -0.39 is 0 Å². The van der Waals surface area contributed by atoms with Crippen molar-refractivity contribution in [2.45, 2.75) is 26.3 Å². The first-order chi connectivity index (χ1) is 8.79. The van der Waals surface area contributed by atoms with Gasteiger partial charge in [-0.2, -0.15) is 0 Å². The molecule has 1 aliphatic rings. The number of nitrogens with one attached hydrogen (secondary N) is 1. The molecule has 1 unspecified atom stereocenters. The van der Waals surface area contributed by atoms with Gasteiger partial charge < -0.3 is 10.2 Å². The van der Waals surface area contributed by atoms with Crippen LogP contribution in [0, 0.1) is 6.92 Å². The molecule has 2 aromatic rings. The Kier molecular flexibility index (Phi) is 3.18. The van der Waals surface area contributed by atoms with Crippen LogP contribution in [0.5, 0.6) is 0 Å². The van der Waals surface area contributed by atoms with E-state index in [1.54, 1.807) is 17.7 Å². The van der Waals surface area contributed by atoms with Gasteiger partial charge in [0, 0.05) is 24.0 Å². The van der Waals surface area contributed by atoms with Crippen molar-refractivity contribution in [2.75, 3.05) is 24.5 Å². The second kappa shape index (κ2) is 4.82. The van der Waals surface area contributed by atoms with Gasteiger partial charge in [-0.05, 0) is 32.9 Å². The minimum Gasteiger partial charge on any atom is -0.352 e. The lowest BCUT2D eigenvalue weighted by Crippen LogP contribution is -2.37. The van der Waals surface area contributed by atoms with E-state index in [1.807, 2.05) is 0 Å². The summed E-state index contributed by atoms with van der Waals surface area (Å²) in [5.41, 5.74) is 0. The van der Waals surface area contributed by atoms with Crippen molar-refractivity contribution in [2.24, 2.45) is 0 Å². The Morgan fingerprint density at radius 2 is 2.39 bits per heavy atom. The Morgan fingerprint density at radius 1 is 1.50 bits per heavy atom. The van der Waals surface area contributed by atoms with Crippen molar-refractivity contribution in [3.63, 3.8) is 0 Å². The number of anilines is 1. The summed E-state index contributed by atoms with van der Waals surface area (Å²) >= 11 is 1.74. The monoisotopic (exact) mass is 262 g/mol. The van der Waals surface area contributed by atoms with Crippen LogP contribution in [-0.4, -0.2) is 35.6 Å². The van der Waals surface area contributed by atoms with E-state index in [4.69, 9.17) is 0 Å². The molecule has 0 amide bonds. The van der Waals surface area contributed by atoms with Crippen LogP contribution in [-0.2, 0) is 0 Å². The first kappa shape index (κ1) is 11.9. The molecule has 1 fully saturated rings. The molecule has 5 heteroatoms. The van der Waals surface area contributed by atoms with Gasteiger partial charge in [0.15, 0.2) is 0 Å². The molecule has 96 valence electrons. The highest BCUT2D eigenvalue weighted by molar-refractivity contribution is 7.18. The number of hydrogen-bond acceptors (Lipinski definition) is 5. The standard InChI is InChI=1S/C13H18N4S/c1-3-17(10-4-5-14-7-10)12-11-6-9(2)18-13(11)16-8-15-12/h6,8,10,14H,3-5,7H2,1-2H3. The number of hydrogen-bond donors (Lipinski definition) is 1. The second-order valence-corrected chi connectivity index (χ2v) is 5.94. The highest BCUT2D eigenvalue weighted by Crippen LogP contribution is 2.31. The molecule has 1 atom stereocenters. The smallest absolute Gasteiger partial charge is 0.141 e. The highest BCUT2D eigenvalue weighted by Gasteiger charge is 2.24. The van der Waals surface area contributed by atoms with Crippen LogP contribution in [0.2, 0.25) is 0 Å². The van der Waals surface area contributed by atoms with Gasteiger partial charge in [-0.3, -0.25) is 0 Å². The highest BCUT2D eigenvalue weighted by atomic mass is 32.1. The molecule has 0 bridgehead atoms. The third-order valence-corrected chi connectivity index (χ3v) is 4.48. The Balaban J connectivity index is 2.05. The van der Waals surface area contributed by atoms with E-state index in [2.05, 4.69) is 40.1 Å². The Hall–Kier alpha value is -1.20. The third kappa shape index (κ3) is 1.97. The van der Waals surface area contributed by atoms with E-state index in [0.717, 1.165) is 30.3 Å². The maximum Gasteiger partial charge on any atom is 0.141 e. The summed E-state index contributed by atoms with van der Waals surface area (Å²) < 4.78 is 0. The lowest BCUT2D eigenvalue weighted by molar-refractivity contribution is 0.642. The quantitative estimate of drug-likeness (QED) is 0.920. The topological polar surface area (TPSA) is 41.1 Å². The Labute approximate surface area is 111 Å². The second-order valence-electron chi connectivity index (χ2n) is 4.71. The van der Waals surface area contributed by atoms with Gasteiger partial charge in [-0.15, -0.1) is 11.3 Å². The molecule has 4 nitrogen and oxygen atoms in total. The first-order valence-electron chi connectivity index (χ1n) is 6.48. The number of aryl methyl sites for hydroxylation is 1. The van der Waals surface area contributed by atoms with Crippen molar-refractivity contribution in [1.82, 2.24) is 15.3 Å². The maximum absolute atomic E-state index is 4.53. The minimum atomic E-state index is 0.563. The van der Waals surface area contributed by atoms with Crippen LogP contribution in [0.25, 0.3) is 10.2 Å². The molecule has 2 aromatic heterocycles. The predicted molar refractivity (Wildman–Crippen MR) is 76.4 cm³/mol. The van der Waals surface area contributed by atoms with Gasteiger partial charge in [0.25, 0.3) is 0 Å². The van der Waals surface area contributed by atoms with Gasteiger partial charge in [0.1, 0.15) is 17.0 Å². The van der Waals surface area contributed by atoms with E-state index in [-0.39, 0.29) is 0 Å². The molecule has 1 aliphatic heterocycles. The zero-order valence-electron chi connectivity index (χ0n) is 10.8. The SMILES string of the molecule is CCN(c1ncnc2sc(C)cc12)C1CCNC1. The Bertz CT molecular complexity index is 545. The Morgan fingerprint density at radius 3 is 3.11 bits per heavy atom. The minimum absolute atomic E-state index is 0.563. The number of likely N-dealkylation sites (N-methyl/N-ethyl adjacent to an activating group) is 1. The number of thiophene rings is 1. The predicted octanol–water partition coefficient (Wildman–Crippen LogP) is 2.19. The van der Waals surface area contributed by atoms with Crippen LogP contribution >= 0.6 is 11.3 Å². The molecule has 0 aliphatic carbocycles. The average Bonchev–Trinajstić information content (AvgIpc) is 2.98. The van der Waals surface area contributed by atoms with Crippen LogP contribution in [0.1, 0.15) is 18.2 Å². The van der Waals surface area contributed by atoms with E-state index in [1.165, 1.54) is 16.7 Å². The zero-order chi connectivity index (χ0) is 12.5. The van der Waals surface area contributed by atoms with Crippen molar-refractivity contribution >= 4 is 27.4 Å². The van der Waals surface area contributed by atoms with Crippen LogP contribution in [0.15, 0.2) is 12.4 Å². The molecule has 18 heavy (non-hydrogen) atoms. The molecule has 0 aromatic carbocycles. The normalized spacial score (nSPS) is 19.6. The fourth-order valence-electron chi connectivity index (χ4n) is 2.68. The lowest BCUT2D eigenvalue weighted by atomic mass is 10.2. The molecule has 0 spiro atoms. The van der Waals surface area contributed by atoms with Crippen LogP contribution < -0.4 is 10.2 Å². The van der Waals surface area contributed by atoms with Crippen molar-refractivity contribution in [3.8, 4) is 0 Å². The first-order valence-corrected chi connectivity index (χ1v) is 7.29. The molecule has 0 saturated carbocycles. The van der Waals surface area contributed by atoms with Crippen LogP contribution in [0.4, 0.5) is 5.82 Å². The summed E-state index contributed by atoms with van der Waals surface area (Å²) in [6.45, 7) is 7.49.